The average molecular weight is 254 g/mol. The zero-order chi connectivity index (χ0) is 12.8. The van der Waals surface area contributed by atoms with Crippen molar-refractivity contribution in [3.05, 3.63) is 23.7 Å². The van der Waals surface area contributed by atoms with Crippen molar-refractivity contribution in [2.75, 3.05) is 13.2 Å². The fraction of sp³-hybridized carbons (Fsp3) is 0.714. The normalized spacial score (nSPS) is 19.7. The van der Waals surface area contributed by atoms with Gasteiger partial charge in [-0.2, -0.15) is 0 Å². The van der Waals surface area contributed by atoms with E-state index in [1.54, 1.807) is 6.92 Å². The standard InChI is InChI=1S/C14H22O4/c1-14(16-11-10-15,17-12-6-2-3-7-12)18-13-8-4-5-9-13/h6,8,15H,2-5,7,9-11H2,1H3. The molecule has 18 heavy (non-hydrogen) atoms. The highest BCUT2D eigenvalue weighted by atomic mass is 16.9. The molecule has 0 amide bonds. The summed E-state index contributed by atoms with van der Waals surface area (Å²) in [6.45, 7) is 1.93. The Labute approximate surface area is 108 Å². The van der Waals surface area contributed by atoms with Crippen molar-refractivity contribution in [1.82, 2.24) is 0 Å². The van der Waals surface area contributed by atoms with Crippen LogP contribution in [0.1, 0.15) is 45.4 Å². The second-order valence-corrected chi connectivity index (χ2v) is 4.76. The van der Waals surface area contributed by atoms with E-state index in [1.165, 1.54) is 0 Å². The SMILES string of the molecule is CC(OCCO)(OC1=CCCC1)OC1=CCCC1. The Balaban J connectivity index is 1.96. The van der Waals surface area contributed by atoms with Crippen molar-refractivity contribution in [2.45, 2.75) is 51.4 Å². The molecular formula is C14H22O4. The first-order valence-corrected chi connectivity index (χ1v) is 6.73. The van der Waals surface area contributed by atoms with E-state index in [0.29, 0.717) is 0 Å². The second-order valence-electron chi connectivity index (χ2n) is 4.76. The fourth-order valence-corrected chi connectivity index (χ4v) is 2.26. The van der Waals surface area contributed by atoms with Crippen LogP contribution >= 0.6 is 0 Å². The molecular weight excluding hydrogens is 232 g/mol. The van der Waals surface area contributed by atoms with E-state index >= 15 is 0 Å². The van der Waals surface area contributed by atoms with Crippen LogP contribution < -0.4 is 0 Å². The van der Waals surface area contributed by atoms with Gasteiger partial charge < -0.3 is 19.3 Å². The highest BCUT2D eigenvalue weighted by Crippen LogP contribution is 2.31. The third kappa shape index (κ3) is 3.75. The van der Waals surface area contributed by atoms with Gasteiger partial charge in [-0.3, -0.25) is 0 Å². The second kappa shape index (κ2) is 6.25. The van der Waals surface area contributed by atoms with Crippen LogP contribution in [0.15, 0.2) is 23.7 Å². The summed E-state index contributed by atoms with van der Waals surface area (Å²) in [4.78, 5) is 0. The zero-order valence-corrected chi connectivity index (χ0v) is 11.0. The van der Waals surface area contributed by atoms with E-state index < -0.39 is 5.97 Å². The molecule has 0 aliphatic heterocycles. The summed E-state index contributed by atoms with van der Waals surface area (Å²) in [5, 5.41) is 8.89. The number of rotatable bonds is 7. The summed E-state index contributed by atoms with van der Waals surface area (Å²) in [6.07, 6.45) is 10.4. The van der Waals surface area contributed by atoms with Gasteiger partial charge in [-0.15, -0.1) is 0 Å². The summed E-state index contributed by atoms with van der Waals surface area (Å²) in [7, 11) is 0. The molecule has 2 aliphatic rings. The smallest absolute Gasteiger partial charge is 0.368 e. The first-order valence-electron chi connectivity index (χ1n) is 6.73. The molecule has 0 fully saturated rings. The first-order chi connectivity index (χ1) is 8.72. The summed E-state index contributed by atoms with van der Waals surface area (Å²) in [6, 6.07) is 0. The third-order valence-corrected chi connectivity index (χ3v) is 3.09. The van der Waals surface area contributed by atoms with E-state index in [-0.39, 0.29) is 13.2 Å². The van der Waals surface area contributed by atoms with Crippen molar-refractivity contribution in [1.29, 1.82) is 0 Å². The number of aliphatic hydroxyl groups is 1. The number of hydrogen-bond donors (Lipinski definition) is 1. The number of hydrogen-bond acceptors (Lipinski definition) is 4. The molecule has 0 aromatic rings. The Morgan fingerprint density at radius 3 is 2.06 bits per heavy atom. The molecule has 0 heterocycles. The van der Waals surface area contributed by atoms with Gasteiger partial charge in [-0.05, 0) is 37.8 Å². The Morgan fingerprint density at radius 1 is 1.11 bits per heavy atom. The maximum Gasteiger partial charge on any atom is 0.368 e. The Bertz CT molecular complexity index is 307. The highest BCUT2D eigenvalue weighted by Gasteiger charge is 2.32. The quantitative estimate of drug-likeness (QED) is 0.710. The molecule has 0 radical (unpaired) electrons. The van der Waals surface area contributed by atoms with Crippen LogP contribution in [-0.4, -0.2) is 24.3 Å². The van der Waals surface area contributed by atoms with Gasteiger partial charge in [-0.25, -0.2) is 0 Å². The van der Waals surface area contributed by atoms with Gasteiger partial charge in [0.25, 0.3) is 0 Å². The topological polar surface area (TPSA) is 47.9 Å². The summed E-state index contributed by atoms with van der Waals surface area (Å²) < 4.78 is 17.2. The van der Waals surface area contributed by atoms with Gasteiger partial charge in [-0.1, -0.05) is 0 Å². The van der Waals surface area contributed by atoms with Gasteiger partial charge in [0.2, 0.25) is 0 Å². The van der Waals surface area contributed by atoms with Gasteiger partial charge in [0, 0.05) is 19.8 Å². The lowest BCUT2D eigenvalue weighted by molar-refractivity contribution is -0.342. The van der Waals surface area contributed by atoms with E-state index in [9.17, 15) is 0 Å². The summed E-state index contributed by atoms with van der Waals surface area (Å²) in [5.74, 6) is 0.734. The van der Waals surface area contributed by atoms with Crippen molar-refractivity contribution < 1.29 is 19.3 Å². The van der Waals surface area contributed by atoms with Crippen LogP contribution in [0.5, 0.6) is 0 Å². The number of allylic oxidation sites excluding steroid dienone is 4. The molecule has 4 nitrogen and oxygen atoms in total. The summed E-state index contributed by atoms with van der Waals surface area (Å²) >= 11 is 0. The van der Waals surface area contributed by atoms with Crippen LogP contribution in [0, 0.1) is 0 Å². The van der Waals surface area contributed by atoms with E-state index in [4.69, 9.17) is 19.3 Å². The van der Waals surface area contributed by atoms with Gasteiger partial charge in [0.05, 0.1) is 24.7 Å². The van der Waals surface area contributed by atoms with Crippen molar-refractivity contribution >= 4 is 0 Å². The predicted octanol–water partition coefficient (Wildman–Crippen LogP) is 2.84. The molecule has 0 bridgehead atoms. The zero-order valence-electron chi connectivity index (χ0n) is 11.0. The monoisotopic (exact) mass is 254 g/mol. The molecule has 102 valence electrons. The number of aliphatic hydroxyl groups excluding tert-OH is 1. The maximum atomic E-state index is 8.89. The Kier molecular flexibility index (Phi) is 4.66. The Hall–Kier alpha value is -1.00. The fourth-order valence-electron chi connectivity index (χ4n) is 2.26. The maximum absolute atomic E-state index is 8.89. The Morgan fingerprint density at radius 2 is 1.67 bits per heavy atom. The van der Waals surface area contributed by atoms with Crippen LogP contribution in [0.2, 0.25) is 0 Å². The highest BCUT2D eigenvalue weighted by molar-refractivity contribution is 5.02. The average Bonchev–Trinajstić information content (AvgIpc) is 3.00. The first kappa shape index (κ1) is 13.4. The lowest BCUT2D eigenvalue weighted by Crippen LogP contribution is -2.36. The van der Waals surface area contributed by atoms with Crippen LogP contribution in [-0.2, 0) is 14.2 Å². The molecule has 0 unspecified atom stereocenters. The minimum atomic E-state index is -1.12. The van der Waals surface area contributed by atoms with E-state index in [0.717, 1.165) is 50.0 Å². The lowest BCUT2D eigenvalue weighted by Gasteiger charge is -2.31. The molecule has 2 rings (SSSR count). The molecule has 1 N–H and O–H groups in total. The minimum Gasteiger partial charge on any atom is -0.435 e. The summed E-state index contributed by atoms with van der Waals surface area (Å²) in [5.41, 5.74) is 0. The molecule has 2 aliphatic carbocycles. The van der Waals surface area contributed by atoms with Crippen LogP contribution in [0.3, 0.4) is 0 Å². The molecule has 0 spiro atoms. The van der Waals surface area contributed by atoms with Gasteiger partial charge in [0.15, 0.2) is 0 Å². The predicted molar refractivity (Wildman–Crippen MR) is 67.5 cm³/mol. The largest absolute Gasteiger partial charge is 0.435 e. The molecule has 0 aromatic heterocycles. The van der Waals surface area contributed by atoms with Crippen LogP contribution in [0.25, 0.3) is 0 Å². The molecule has 0 saturated carbocycles. The molecule has 4 heteroatoms. The lowest BCUT2D eigenvalue weighted by atomic mass is 10.3. The molecule has 0 atom stereocenters. The molecule has 0 saturated heterocycles. The van der Waals surface area contributed by atoms with Gasteiger partial charge >= 0.3 is 5.97 Å². The van der Waals surface area contributed by atoms with Gasteiger partial charge in [0.1, 0.15) is 0 Å². The third-order valence-electron chi connectivity index (χ3n) is 3.09. The molecule has 0 aromatic carbocycles. The van der Waals surface area contributed by atoms with Crippen molar-refractivity contribution in [3.63, 3.8) is 0 Å². The number of ether oxygens (including phenoxy) is 3. The van der Waals surface area contributed by atoms with Crippen LogP contribution in [0.4, 0.5) is 0 Å². The van der Waals surface area contributed by atoms with E-state index in [1.807, 2.05) is 0 Å². The van der Waals surface area contributed by atoms with Crippen molar-refractivity contribution in [3.8, 4) is 0 Å². The van der Waals surface area contributed by atoms with E-state index in [2.05, 4.69) is 12.2 Å². The minimum absolute atomic E-state index is 0.0413. The van der Waals surface area contributed by atoms with Crippen molar-refractivity contribution in [2.24, 2.45) is 0 Å².